The quantitative estimate of drug-likeness (QED) is 0.854. The minimum Gasteiger partial charge on any atom is -0.481 e. The van der Waals surface area contributed by atoms with E-state index >= 15 is 0 Å². The van der Waals surface area contributed by atoms with Crippen LogP contribution < -0.4 is 5.32 Å². The summed E-state index contributed by atoms with van der Waals surface area (Å²) in [6.45, 7) is 1.34. The first-order valence-electron chi connectivity index (χ1n) is 6.85. The highest BCUT2D eigenvalue weighted by atomic mass is 16.5. The first kappa shape index (κ1) is 15.4. The molecule has 0 aromatic carbocycles. The van der Waals surface area contributed by atoms with Crippen molar-refractivity contribution in [1.82, 2.24) is 10.2 Å². The Morgan fingerprint density at radius 2 is 2.14 bits per heavy atom. The lowest BCUT2D eigenvalue weighted by atomic mass is 9.80. The van der Waals surface area contributed by atoms with E-state index in [1.165, 1.54) is 4.90 Å². The van der Waals surface area contributed by atoms with Crippen LogP contribution in [0, 0.1) is 5.41 Å². The summed E-state index contributed by atoms with van der Waals surface area (Å²) in [5, 5.41) is 12.1. The number of urea groups is 1. The highest BCUT2D eigenvalue weighted by Crippen LogP contribution is 2.30. The Bertz CT molecular complexity index is 480. The lowest BCUT2D eigenvalue weighted by Gasteiger charge is -2.33. The molecule has 2 N–H and O–H groups in total. The summed E-state index contributed by atoms with van der Waals surface area (Å²) < 4.78 is 10.2. The molecule has 0 atom stereocenters. The van der Waals surface area contributed by atoms with Crippen LogP contribution in [0.4, 0.5) is 4.79 Å². The van der Waals surface area contributed by atoms with Crippen LogP contribution in [-0.2, 0) is 16.1 Å². The van der Waals surface area contributed by atoms with Crippen molar-refractivity contribution in [3.63, 3.8) is 0 Å². The average molecular weight is 296 g/mol. The number of hydrogen-bond donors (Lipinski definition) is 2. The molecule has 1 aromatic heterocycles. The smallest absolute Gasteiger partial charge is 0.317 e. The number of nitrogens with zero attached hydrogens (tertiary/aromatic N) is 1. The number of carboxylic acids is 1. The van der Waals surface area contributed by atoms with Crippen LogP contribution in [0.25, 0.3) is 0 Å². The SMILES string of the molecule is CN(Cc1ccoc1)C(=O)NCC1(C(=O)O)CCOCC1. The Balaban J connectivity index is 1.88. The number of carbonyl (C=O) groups is 2. The fourth-order valence-corrected chi connectivity index (χ4v) is 2.34. The van der Waals surface area contributed by atoms with Crippen LogP contribution in [-0.4, -0.2) is 48.8 Å². The lowest BCUT2D eigenvalue weighted by molar-refractivity contribution is -0.154. The van der Waals surface area contributed by atoms with Gasteiger partial charge in [-0.1, -0.05) is 0 Å². The Labute approximate surface area is 122 Å². The molecule has 7 nitrogen and oxygen atoms in total. The fourth-order valence-electron chi connectivity index (χ4n) is 2.34. The molecule has 1 fully saturated rings. The number of furan rings is 1. The Hall–Kier alpha value is -2.02. The summed E-state index contributed by atoms with van der Waals surface area (Å²) >= 11 is 0. The third-order valence-electron chi connectivity index (χ3n) is 3.83. The van der Waals surface area contributed by atoms with Crippen LogP contribution in [0.15, 0.2) is 23.0 Å². The molecule has 1 aliphatic rings. The molecule has 1 aliphatic heterocycles. The van der Waals surface area contributed by atoms with Crippen LogP contribution in [0.3, 0.4) is 0 Å². The molecule has 0 bridgehead atoms. The topological polar surface area (TPSA) is 92.0 Å². The van der Waals surface area contributed by atoms with Crippen LogP contribution in [0.1, 0.15) is 18.4 Å². The van der Waals surface area contributed by atoms with Crippen molar-refractivity contribution >= 4 is 12.0 Å². The van der Waals surface area contributed by atoms with Gasteiger partial charge < -0.3 is 24.5 Å². The van der Waals surface area contributed by atoms with Gasteiger partial charge in [-0.25, -0.2) is 4.79 Å². The molecule has 0 unspecified atom stereocenters. The van der Waals surface area contributed by atoms with Crippen LogP contribution in [0.5, 0.6) is 0 Å². The van der Waals surface area contributed by atoms with E-state index in [2.05, 4.69) is 5.32 Å². The Morgan fingerprint density at radius 3 is 2.71 bits per heavy atom. The number of ether oxygens (including phenoxy) is 1. The summed E-state index contributed by atoms with van der Waals surface area (Å²) in [6, 6.07) is 1.48. The van der Waals surface area contributed by atoms with E-state index in [1.807, 2.05) is 0 Å². The second-order valence-electron chi connectivity index (χ2n) is 5.34. The maximum atomic E-state index is 12.0. The maximum Gasteiger partial charge on any atom is 0.317 e. The summed E-state index contributed by atoms with van der Waals surface area (Å²) in [6.07, 6.45) is 3.94. The molecule has 1 aromatic rings. The van der Waals surface area contributed by atoms with Crippen molar-refractivity contribution in [1.29, 1.82) is 0 Å². The minimum atomic E-state index is -0.926. The summed E-state index contributed by atoms with van der Waals surface area (Å²) in [7, 11) is 1.65. The van der Waals surface area contributed by atoms with Gasteiger partial charge in [-0.3, -0.25) is 4.79 Å². The highest BCUT2D eigenvalue weighted by molar-refractivity contribution is 5.78. The van der Waals surface area contributed by atoms with Gasteiger partial charge in [-0.05, 0) is 18.9 Å². The standard InChI is InChI=1S/C14H20N2O5/c1-16(8-11-2-5-21-9-11)13(19)15-10-14(12(17)18)3-6-20-7-4-14/h2,5,9H,3-4,6-8,10H2,1H3,(H,15,19)(H,17,18). The van der Waals surface area contributed by atoms with Gasteiger partial charge in [0.1, 0.15) is 0 Å². The molecule has 21 heavy (non-hydrogen) atoms. The third kappa shape index (κ3) is 3.75. The number of carboxylic acid groups (broad SMARTS) is 1. The number of aliphatic carboxylic acids is 1. The monoisotopic (exact) mass is 296 g/mol. The second-order valence-corrected chi connectivity index (χ2v) is 5.34. The number of nitrogens with one attached hydrogen (secondary N) is 1. The largest absolute Gasteiger partial charge is 0.481 e. The molecular weight excluding hydrogens is 276 g/mol. The normalized spacial score (nSPS) is 17.2. The first-order chi connectivity index (χ1) is 10.0. The van der Waals surface area contributed by atoms with Gasteiger partial charge in [0.2, 0.25) is 0 Å². The molecule has 116 valence electrons. The zero-order valence-electron chi connectivity index (χ0n) is 12.0. The molecule has 2 heterocycles. The molecule has 0 saturated carbocycles. The molecule has 7 heteroatoms. The second kappa shape index (κ2) is 6.62. The molecule has 1 saturated heterocycles. The van der Waals surface area contributed by atoms with Gasteiger partial charge in [0, 0.05) is 32.4 Å². The van der Waals surface area contributed by atoms with Gasteiger partial charge in [0.25, 0.3) is 0 Å². The number of carbonyl (C=O) groups excluding carboxylic acids is 1. The minimum absolute atomic E-state index is 0.111. The van der Waals surface area contributed by atoms with Gasteiger partial charge in [0.05, 0.1) is 24.5 Å². The number of amides is 2. The van der Waals surface area contributed by atoms with Crippen molar-refractivity contribution in [3.05, 3.63) is 24.2 Å². The van der Waals surface area contributed by atoms with Gasteiger partial charge in [-0.15, -0.1) is 0 Å². The van der Waals surface area contributed by atoms with E-state index in [1.54, 1.807) is 25.6 Å². The van der Waals surface area contributed by atoms with Crippen LogP contribution in [0.2, 0.25) is 0 Å². The maximum absolute atomic E-state index is 12.0. The highest BCUT2D eigenvalue weighted by Gasteiger charge is 2.40. The molecule has 2 rings (SSSR count). The zero-order chi connectivity index (χ0) is 15.3. The van der Waals surface area contributed by atoms with Crippen molar-refractivity contribution in [3.8, 4) is 0 Å². The van der Waals surface area contributed by atoms with Gasteiger partial charge in [0.15, 0.2) is 0 Å². The van der Waals surface area contributed by atoms with Crippen molar-refractivity contribution in [2.24, 2.45) is 5.41 Å². The predicted molar refractivity (Wildman–Crippen MR) is 73.7 cm³/mol. The third-order valence-corrected chi connectivity index (χ3v) is 3.83. The molecule has 0 spiro atoms. The zero-order valence-corrected chi connectivity index (χ0v) is 12.0. The molecular formula is C14H20N2O5. The van der Waals surface area contributed by atoms with E-state index < -0.39 is 11.4 Å². The Kier molecular flexibility index (Phi) is 4.85. The van der Waals surface area contributed by atoms with E-state index in [0.717, 1.165) is 5.56 Å². The summed E-state index contributed by atoms with van der Waals surface area (Å²) in [5.74, 6) is -0.886. The summed E-state index contributed by atoms with van der Waals surface area (Å²) in [5.41, 5.74) is -0.0450. The van der Waals surface area contributed by atoms with Crippen molar-refractivity contribution in [2.45, 2.75) is 19.4 Å². The first-order valence-corrected chi connectivity index (χ1v) is 6.85. The van der Waals surface area contributed by atoms with Gasteiger partial charge in [-0.2, -0.15) is 0 Å². The van der Waals surface area contributed by atoms with Gasteiger partial charge >= 0.3 is 12.0 Å². The van der Waals surface area contributed by atoms with E-state index in [-0.39, 0.29) is 12.6 Å². The van der Waals surface area contributed by atoms with E-state index in [9.17, 15) is 14.7 Å². The lowest BCUT2D eigenvalue weighted by Crippen LogP contribution is -2.49. The fraction of sp³-hybridized carbons (Fsp3) is 0.571. The predicted octanol–water partition coefficient (Wildman–Crippen LogP) is 1.30. The number of rotatable bonds is 5. The van der Waals surface area contributed by atoms with Crippen molar-refractivity contribution < 1.29 is 23.8 Å². The van der Waals surface area contributed by atoms with E-state index in [4.69, 9.17) is 9.15 Å². The molecule has 0 radical (unpaired) electrons. The number of hydrogen-bond acceptors (Lipinski definition) is 4. The van der Waals surface area contributed by atoms with Crippen molar-refractivity contribution in [2.75, 3.05) is 26.8 Å². The van der Waals surface area contributed by atoms with Crippen LogP contribution >= 0.6 is 0 Å². The van der Waals surface area contributed by atoms with E-state index in [0.29, 0.717) is 32.6 Å². The Morgan fingerprint density at radius 1 is 1.43 bits per heavy atom. The molecule has 2 amide bonds. The molecule has 0 aliphatic carbocycles. The average Bonchev–Trinajstić information content (AvgIpc) is 2.98. The summed E-state index contributed by atoms with van der Waals surface area (Å²) in [4.78, 5) is 25.0.